The van der Waals surface area contributed by atoms with Gasteiger partial charge >= 0.3 is 0 Å². The molecule has 146 valence electrons. The molecule has 4 rings (SSSR count). The summed E-state index contributed by atoms with van der Waals surface area (Å²) in [5.74, 6) is 0. The van der Waals surface area contributed by atoms with Crippen LogP contribution in [0, 0.1) is 13.8 Å². The van der Waals surface area contributed by atoms with E-state index in [2.05, 4.69) is 20.9 Å². The molecule has 28 heavy (non-hydrogen) atoms. The number of aryl methyl sites for hydroxylation is 2. The lowest BCUT2D eigenvalue weighted by Crippen LogP contribution is -2.47. The molecule has 1 fully saturated rings. The van der Waals surface area contributed by atoms with E-state index in [-0.39, 0.29) is 5.56 Å². The fourth-order valence-corrected chi connectivity index (χ4v) is 4.12. The topological polar surface area (TPSA) is 40.9 Å². The lowest BCUT2D eigenvalue weighted by atomic mass is 10.1. The van der Waals surface area contributed by atoms with Gasteiger partial charge in [0.25, 0.3) is 5.56 Å². The van der Waals surface area contributed by atoms with Gasteiger partial charge in [-0.15, -0.1) is 0 Å². The zero-order valence-electron chi connectivity index (χ0n) is 16.4. The zero-order valence-corrected chi connectivity index (χ0v) is 17.1. The van der Waals surface area contributed by atoms with E-state index in [9.17, 15) is 4.79 Å². The molecule has 0 spiro atoms. The summed E-state index contributed by atoms with van der Waals surface area (Å²) >= 11 is 6.33. The molecular formula is C22H25ClN4O. The predicted octanol–water partition coefficient (Wildman–Crippen LogP) is 3.33. The molecule has 0 N–H and O–H groups in total. The Balaban J connectivity index is 1.43. The second kappa shape index (κ2) is 7.94. The lowest BCUT2D eigenvalue weighted by Gasteiger charge is -2.36. The Morgan fingerprint density at radius 3 is 2.57 bits per heavy atom. The molecule has 1 aromatic carbocycles. The van der Waals surface area contributed by atoms with Crippen LogP contribution < -0.4 is 10.5 Å². The first kappa shape index (κ1) is 19.0. The molecule has 1 aliphatic heterocycles. The number of hydrogen-bond donors (Lipinski definition) is 0. The van der Waals surface area contributed by atoms with Crippen molar-refractivity contribution in [3.8, 4) is 0 Å². The minimum absolute atomic E-state index is 0.0530. The molecule has 0 unspecified atom stereocenters. The Morgan fingerprint density at radius 2 is 1.82 bits per heavy atom. The summed E-state index contributed by atoms with van der Waals surface area (Å²) in [5.41, 5.74) is 4.64. The Bertz CT molecular complexity index is 1050. The number of halogens is 1. The molecule has 3 heterocycles. The quantitative estimate of drug-likeness (QED) is 0.678. The molecule has 0 bridgehead atoms. The van der Waals surface area contributed by atoms with Crippen molar-refractivity contribution in [3.63, 3.8) is 0 Å². The molecule has 0 atom stereocenters. The Morgan fingerprint density at radius 1 is 1.07 bits per heavy atom. The Hall–Kier alpha value is -2.37. The van der Waals surface area contributed by atoms with Crippen LogP contribution in [0.1, 0.15) is 16.8 Å². The van der Waals surface area contributed by atoms with Crippen molar-refractivity contribution in [2.75, 3.05) is 37.6 Å². The number of nitrogens with zero attached hydrogens (tertiary/aromatic N) is 4. The number of piperazine rings is 1. The molecule has 6 heteroatoms. The molecule has 1 aliphatic rings. The van der Waals surface area contributed by atoms with Crippen LogP contribution in [0.15, 0.2) is 47.4 Å². The molecule has 0 aliphatic carbocycles. The third-order valence-electron chi connectivity index (χ3n) is 5.53. The van der Waals surface area contributed by atoms with E-state index in [1.54, 1.807) is 4.40 Å². The molecular weight excluding hydrogens is 372 g/mol. The maximum atomic E-state index is 12.9. The number of anilines is 1. The molecule has 5 nitrogen and oxygen atoms in total. The molecule has 2 aromatic heterocycles. The summed E-state index contributed by atoms with van der Waals surface area (Å²) in [6.45, 7) is 8.63. The molecule has 1 saturated heterocycles. The van der Waals surface area contributed by atoms with Crippen molar-refractivity contribution >= 4 is 22.9 Å². The van der Waals surface area contributed by atoms with Gasteiger partial charge < -0.3 is 4.90 Å². The van der Waals surface area contributed by atoms with Crippen molar-refractivity contribution in [2.24, 2.45) is 0 Å². The standard InChI is InChI=1S/C22H25ClN4O/c1-16-7-10-27-21(15-16)24-17(2)18(22(27)28)8-9-25-11-13-26(14-12-25)20-6-4-3-5-19(20)23/h3-7,10,15H,8-9,11-14H2,1-2H3. The number of aromatic nitrogens is 2. The SMILES string of the molecule is Cc1ccn2c(=O)c(CCN3CCN(c4ccccc4Cl)CC3)c(C)nc2c1. The number of para-hydroxylation sites is 1. The maximum Gasteiger partial charge on any atom is 0.261 e. The highest BCUT2D eigenvalue weighted by Gasteiger charge is 2.19. The van der Waals surface area contributed by atoms with Gasteiger partial charge in [0.15, 0.2) is 0 Å². The summed E-state index contributed by atoms with van der Waals surface area (Å²) in [7, 11) is 0. The second-order valence-corrected chi connectivity index (χ2v) is 7.85. The van der Waals surface area contributed by atoms with Crippen LogP contribution in [0.2, 0.25) is 5.02 Å². The van der Waals surface area contributed by atoms with Gasteiger partial charge in [-0.2, -0.15) is 0 Å². The molecule has 0 radical (unpaired) electrons. The second-order valence-electron chi connectivity index (χ2n) is 7.44. The molecule has 3 aromatic rings. The van der Waals surface area contributed by atoms with Crippen molar-refractivity contribution < 1.29 is 0 Å². The van der Waals surface area contributed by atoms with Crippen LogP contribution in [0.25, 0.3) is 5.65 Å². The minimum Gasteiger partial charge on any atom is -0.368 e. The average molecular weight is 397 g/mol. The summed E-state index contributed by atoms with van der Waals surface area (Å²) < 4.78 is 1.66. The third-order valence-corrected chi connectivity index (χ3v) is 5.85. The smallest absolute Gasteiger partial charge is 0.261 e. The highest BCUT2D eigenvalue weighted by atomic mass is 35.5. The minimum atomic E-state index is 0.0530. The molecule has 0 amide bonds. The van der Waals surface area contributed by atoms with E-state index >= 15 is 0 Å². The van der Waals surface area contributed by atoms with Gasteiger partial charge in [-0.05, 0) is 50.1 Å². The van der Waals surface area contributed by atoms with Gasteiger partial charge in [0.05, 0.1) is 10.7 Å². The van der Waals surface area contributed by atoms with Crippen LogP contribution in [0.3, 0.4) is 0 Å². The first-order chi connectivity index (χ1) is 13.5. The van der Waals surface area contributed by atoms with Crippen molar-refractivity contribution in [3.05, 3.63) is 74.8 Å². The van der Waals surface area contributed by atoms with Crippen molar-refractivity contribution in [1.29, 1.82) is 0 Å². The van der Waals surface area contributed by atoms with E-state index < -0.39 is 0 Å². The van der Waals surface area contributed by atoms with Gasteiger partial charge in [-0.1, -0.05) is 23.7 Å². The van der Waals surface area contributed by atoms with E-state index in [1.807, 2.05) is 50.4 Å². The van der Waals surface area contributed by atoms with E-state index in [0.717, 1.165) is 72.3 Å². The van der Waals surface area contributed by atoms with E-state index in [1.165, 1.54) is 0 Å². The van der Waals surface area contributed by atoms with Gasteiger partial charge in [-0.25, -0.2) is 4.98 Å². The summed E-state index contributed by atoms with van der Waals surface area (Å²) in [6.07, 6.45) is 2.55. The van der Waals surface area contributed by atoms with Crippen LogP contribution >= 0.6 is 11.6 Å². The van der Waals surface area contributed by atoms with E-state index in [0.29, 0.717) is 0 Å². The van der Waals surface area contributed by atoms with Gasteiger partial charge in [-0.3, -0.25) is 14.1 Å². The van der Waals surface area contributed by atoms with Gasteiger partial charge in [0.2, 0.25) is 0 Å². The normalized spacial score (nSPS) is 15.3. The van der Waals surface area contributed by atoms with Crippen LogP contribution in [0.5, 0.6) is 0 Å². The van der Waals surface area contributed by atoms with Crippen LogP contribution in [-0.2, 0) is 6.42 Å². The monoisotopic (exact) mass is 396 g/mol. The number of rotatable bonds is 4. The fraction of sp³-hybridized carbons (Fsp3) is 0.364. The fourth-order valence-electron chi connectivity index (χ4n) is 3.87. The van der Waals surface area contributed by atoms with Crippen LogP contribution in [-0.4, -0.2) is 47.0 Å². The lowest BCUT2D eigenvalue weighted by molar-refractivity contribution is 0.260. The van der Waals surface area contributed by atoms with Crippen LogP contribution in [0.4, 0.5) is 5.69 Å². The number of fused-ring (bicyclic) bond motifs is 1. The first-order valence-electron chi connectivity index (χ1n) is 9.73. The predicted molar refractivity (Wildman–Crippen MR) is 115 cm³/mol. The van der Waals surface area contributed by atoms with Crippen molar-refractivity contribution in [1.82, 2.24) is 14.3 Å². The summed E-state index contributed by atoms with van der Waals surface area (Å²) in [4.78, 5) is 22.3. The van der Waals surface area contributed by atoms with E-state index in [4.69, 9.17) is 11.6 Å². The number of pyridine rings is 1. The van der Waals surface area contributed by atoms with Crippen molar-refractivity contribution in [2.45, 2.75) is 20.3 Å². The highest BCUT2D eigenvalue weighted by Crippen LogP contribution is 2.26. The van der Waals surface area contributed by atoms with Gasteiger partial charge in [0.1, 0.15) is 5.65 Å². The summed E-state index contributed by atoms with van der Waals surface area (Å²) in [6, 6.07) is 11.9. The third kappa shape index (κ3) is 3.77. The number of hydrogen-bond acceptors (Lipinski definition) is 4. The largest absolute Gasteiger partial charge is 0.368 e. The van der Waals surface area contributed by atoms with Gasteiger partial charge in [0, 0.05) is 50.2 Å². The molecule has 0 saturated carbocycles. The first-order valence-corrected chi connectivity index (χ1v) is 10.1. The zero-order chi connectivity index (χ0) is 19.7. The highest BCUT2D eigenvalue weighted by molar-refractivity contribution is 6.33. The summed E-state index contributed by atoms with van der Waals surface area (Å²) in [5, 5.41) is 0.803. The average Bonchev–Trinajstić information content (AvgIpc) is 2.68. The number of benzene rings is 1. The Kier molecular flexibility index (Phi) is 5.38. The Labute approximate surface area is 170 Å². The maximum absolute atomic E-state index is 12.9.